The van der Waals surface area contributed by atoms with Crippen molar-refractivity contribution >= 4 is 12.4 Å². The van der Waals surface area contributed by atoms with Gasteiger partial charge in [0.1, 0.15) is 6.04 Å². The van der Waals surface area contributed by atoms with Crippen LogP contribution in [0.1, 0.15) is 33.6 Å². The predicted molar refractivity (Wildman–Crippen MR) is 62.4 cm³/mol. The van der Waals surface area contributed by atoms with E-state index < -0.39 is 6.04 Å². The van der Waals surface area contributed by atoms with Gasteiger partial charge in [0, 0.05) is 0 Å². The fraction of sp³-hybridized carbons (Fsp3) is 0.833. The lowest BCUT2D eigenvalue weighted by Gasteiger charge is -2.35. The Bertz CT molecular complexity index is 259. The zero-order valence-corrected chi connectivity index (χ0v) is 10.6. The average Bonchev–Trinajstić information content (AvgIpc) is 2.24. The summed E-state index contributed by atoms with van der Waals surface area (Å²) >= 11 is 0. The highest BCUT2D eigenvalue weighted by Gasteiger charge is 2.35. The zero-order chi connectivity index (χ0) is 12.8. The maximum Gasteiger partial charge on any atom is 0.328 e. The fourth-order valence-corrected chi connectivity index (χ4v) is 2.43. The summed E-state index contributed by atoms with van der Waals surface area (Å²) < 4.78 is 10.6. The van der Waals surface area contributed by atoms with Crippen LogP contribution in [0.25, 0.3) is 0 Å². The lowest BCUT2D eigenvalue weighted by atomic mass is 9.86. The van der Waals surface area contributed by atoms with Gasteiger partial charge in [-0.1, -0.05) is 0 Å². The van der Waals surface area contributed by atoms with E-state index in [0.717, 1.165) is 12.8 Å². The van der Waals surface area contributed by atoms with Crippen LogP contribution >= 0.6 is 0 Å². The number of hydrogen-bond acceptors (Lipinski definition) is 4. The summed E-state index contributed by atoms with van der Waals surface area (Å²) in [5.74, 6) is -0.274. The van der Waals surface area contributed by atoms with E-state index in [1.165, 1.54) is 0 Å². The lowest BCUT2D eigenvalue weighted by molar-refractivity contribution is -0.150. The van der Waals surface area contributed by atoms with Crippen LogP contribution in [0.3, 0.4) is 0 Å². The molecule has 5 heteroatoms. The Morgan fingerprint density at radius 3 is 2.53 bits per heavy atom. The van der Waals surface area contributed by atoms with Crippen molar-refractivity contribution in [2.45, 2.75) is 51.9 Å². The number of carbonyl (C=O) groups is 2. The molecule has 1 rings (SSSR count). The van der Waals surface area contributed by atoms with Crippen LogP contribution in [0, 0.1) is 5.92 Å². The Morgan fingerprint density at radius 1 is 1.47 bits per heavy atom. The molecule has 1 fully saturated rings. The molecule has 98 valence electrons. The molecule has 3 atom stereocenters. The van der Waals surface area contributed by atoms with Gasteiger partial charge in [-0.3, -0.25) is 4.79 Å². The van der Waals surface area contributed by atoms with Gasteiger partial charge in [-0.2, -0.15) is 0 Å². The molecule has 5 nitrogen and oxygen atoms in total. The van der Waals surface area contributed by atoms with Crippen LogP contribution in [0.4, 0.5) is 0 Å². The molecule has 0 saturated carbocycles. The first-order valence-corrected chi connectivity index (χ1v) is 6.10. The van der Waals surface area contributed by atoms with Crippen LogP contribution in [-0.4, -0.2) is 37.2 Å². The second-order valence-corrected chi connectivity index (χ2v) is 4.50. The molecule has 1 aliphatic heterocycles. The molecule has 0 aromatic rings. The molecule has 1 aliphatic rings. The average molecular weight is 243 g/mol. The summed E-state index contributed by atoms with van der Waals surface area (Å²) in [6.07, 6.45) is 2.29. The first-order chi connectivity index (χ1) is 8.08. The van der Waals surface area contributed by atoms with Crippen LogP contribution in [0.15, 0.2) is 0 Å². The van der Waals surface area contributed by atoms with Crippen molar-refractivity contribution in [3.63, 3.8) is 0 Å². The monoisotopic (exact) mass is 243 g/mol. The molecule has 0 aromatic carbocycles. The van der Waals surface area contributed by atoms with Crippen molar-refractivity contribution in [2.75, 3.05) is 6.61 Å². The van der Waals surface area contributed by atoms with E-state index in [9.17, 15) is 9.59 Å². The third-order valence-corrected chi connectivity index (χ3v) is 2.99. The second kappa shape index (κ2) is 6.59. The Morgan fingerprint density at radius 2 is 2.06 bits per heavy atom. The molecule has 1 N–H and O–H groups in total. The van der Waals surface area contributed by atoms with E-state index in [0.29, 0.717) is 13.0 Å². The Labute approximate surface area is 102 Å². The van der Waals surface area contributed by atoms with Gasteiger partial charge in [-0.05, 0) is 39.5 Å². The molecule has 0 spiro atoms. The summed E-state index contributed by atoms with van der Waals surface area (Å²) in [7, 11) is 0. The van der Waals surface area contributed by atoms with E-state index in [4.69, 9.17) is 9.47 Å². The van der Waals surface area contributed by atoms with E-state index in [2.05, 4.69) is 5.32 Å². The lowest BCUT2D eigenvalue weighted by Crippen LogP contribution is -2.47. The fourth-order valence-electron chi connectivity index (χ4n) is 2.43. The molecule has 1 saturated heterocycles. The van der Waals surface area contributed by atoms with Gasteiger partial charge in [0.25, 0.3) is 0 Å². The number of carbonyl (C=O) groups excluding carboxylic acids is 2. The van der Waals surface area contributed by atoms with Gasteiger partial charge >= 0.3 is 5.97 Å². The first-order valence-electron chi connectivity index (χ1n) is 6.10. The summed E-state index contributed by atoms with van der Waals surface area (Å²) in [5, 5.41) is 2.57. The van der Waals surface area contributed by atoms with Crippen molar-refractivity contribution in [3.8, 4) is 0 Å². The van der Waals surface area contributed by atoms with Gasteiger partial charge in [0.05, 0.1) is 18.8 Å². The van der Waals surface area contributed by atoms with Crippen molar-refractivity contribution < 1.29 is 19.1 Å². The predicted octanol–water partition coefficient (Wildman–Crippen LogP) is 0.868. The molecule has 0 bridgehead atoms. The van der Waals surface area contributed by atoms with E-state index >= 15 is 0 Å². The van der Waals surface area contributed by atoms with Gasteiger partial charge < -0.3 is 14.8 Å². The molecule has 0 radical (unpaired) electrons. The highest BCUT2D eigenvalue weighted by Crippen LogP contribution is 2.27. The topological polar surface area (TPSA) is 64.6 Å². The molecule has 0 unspecified atom stereocenters. The third kappa shape index (κ3) is 4.00. The van der Waals surface area contributed by atoms with E-state index in [-0.39, 0.29) is 24.1 Å². The standard InChI is InChI=1S/C12H21NO4/c1-4-16-12(15)11(13-7-14)10-5-8(2)17-9(3)6-10/h7-11H,4-6H2,1-3H3,(H,13,14)/t8-,9-,11+/m1/s1. The Balaban J connectivity index is 2.68. The number of rotatable bonds is 5. The maximum absolute atomic E-state index is 11.8. The quantitative estimate of drug-likeness (QED) is 0.575. The zero-order valence-electron chi connectivity index (χ0n) is 10.6. The molecular weight excluding hydrogens is 222 g/mol. The minimum atomic E-state index is -0.554. The largest absolute Gasteiger partial charge is 0.464 e. The van der Waals surface area contributed by atoms with Gasteiger partial charge in [-0.15, -0.1) is 0 Å². The number of ether oxygens (including phenoxy) is 2. The smallest absolute Gasteiger partial charge is 0.328 e. The van der Waals surface area contributed by atoms with Crippen LogP contribution in [0.5, 0.6) is 0 Å². The number of nitrogens with one attached hydrogen (secondary N) is 1. The van der Waals surface area contributed by atoms with E-state index in [1.54, 1.807) is 6.92 Å². The number of esters is 1. The Hall–Kier alpha value is -1.10. The first kappa shape index (κ1) is 14.0. The normalized spacial score (nSPS) is 30.4. The SMILES string of the molecule is CCOC(=O)[C@@H](NC=O)C1C[C@@H](C)O[C@H](C)C1. The summed E-state index contributed by atoms with van der Waals surface area (Å²) in [4.78, 5) is 22.3. The summed E-state index contributed by atoms with van der Waals surface area (Å²) in [6, 6.07) is -0.554. The maximum atomic E-state index is 11.8. The molecule has 17 heavy (non-hydrogen) atoms. The van der Waals surface area contributed by atoms with E-state index in [1.807, 2.05) is 13.8 Å². The van der Waals surface area contributed by atoms with Crippen LogP contribution in [-0.2, 0) is 19.1 Å². The highest BCUT2D eigenvalue weighted by molar-refractivity contribution is 5.78. The van der Waals surface area contributed by atoms with Crippen molar-refractivity contribution in [2.24, 2.45) is 5.92 Å². The third-order valence-electron chi connectivity index (χ3n) is 2.99. The summed E-state index contributed by atoms with van der Waals surface area (Å²) in [6.45, 7) is 6.03. The van der Waals surface area contributed by atoms with Crippen molar-refractivity contribution in [3.05, 3.63) is 0 Å². The number of hydrogen-bond donors (Lipinski definition) is 1. The van der Waals surface area contributed by atoms with Crippen molar-refractivity contribution in [1.82, 2.24) is 5.32 Å². The van der Waals surface area contributed by atoms with Crippen molar-refractivity contribution in [1.29, 1.82) is 0 Å². The van der Waals surface area contributed by atoms with Gasteiger partial charge in [0.15, 0.2) is 0 Å². The number of amides is 1. The highest BCUT2D eigenvalue weighted by atomic mass is 16.5. The van der Waals surface area contributed by atoms with Gasteiger partial charge in [-0.25, -0.2) is 4.79 Å². The summed E-state index contributed by atoms with van der Waals surface area (Å²) in [5.41, 5.74) is 0. The molecule has 1 heterocycles. The molecule has 0 aromatic heterocycles. The molecule has 1 amide bonds. The Kier molecular flexibility index (Phi) is 5.41. The minimum Gasteiger partial charge on any atom is -0.464 e. The minimum absolute atomic E-state index is 0.0815. The molecule has 0 aliphatic carbocycles. The molecular formula is C12H21NO4. The van der Waals surface area contributed by atoms with Gasteiger partial charge in [0.2, 0.25) is 6.41 Å². The second-order valence-electron chi connectivity index (χ2n) is 4.50. The van der Waals surface area contributed by atoms with Crippen LogP contribution in [0.2, 0.25) is 0 Å². The van der Waals surface area contributed by atoms with Crippen LogP contribution < -0.4 is 5.32 Å².